The summed E-state index contributed by atoms with van der Waals surface area (Å²) in [6, 6.07) is 7.68. The Kier molecular flexibility index (Phi) is 4.79. The Morgan fingerprint density at radius 3 is 3.00 bits per heavy atom. The number of hydrogen-bond donors (Lipinski definition) is 2. The molecular formula is C13H17IN2O. The minimum absolute atomic E-state index is 0.0422. The summed E-state index contributed by atoms with van der Waals surface area (Å²) in [7, 11) is 0. The Labute approximate surface area is 116 Å². The molecule has 1 unspecified atom stereocenters. The molecule has 0 radical (unpaired) electrons. The molecule has 1 aliphatic heterocycles. The van der Waals surface area contributed by atoms with Gasteiger partial charge in [-0.25, -0.2) is 0 Å². The molecule has 2 N–H and O–H groups in total. The van der Waals surface area contributed by atoms with Gasteiger partial charge < -0.3 is 10.6 Å². The lowest BCUT2D eigenvalue weighted by atomic mass is 10.00. The number of hydrogen-bond acceptors (Lipinski definition) is 2. The van der Waals surface area contributed by atoms with E-state index in [4.69, 9.17) is 0 Å². The smallest absolute Gasteiger partial charge is 0.252 e. The average molecular weight is 344 g/mol. The van der Waals surface area contributed by atoms with E-state index in [9.17, 15) is 4.79 Å². The van der Waals surface area contributed by atoms with Crippen molar-refractivity contribution in [2.75, 3.05) is 19.6 Å². The van der Waals surface area contributed by atoms with Crippen LogP contribution in [0, 0.1) is 9.49 Å². The van der Waals surface area contributed by atoms with Crippen molar-refractivity contribution >= 4 is 28.5 Å². The third kappa shape index (κ3) is 3.67. The maximum absolute atomic E-state index is 12.0. The van der Waals surface area contributed by atoms with Gasteiger partial charge in [-0.2, -0.15) is 0 Å². The fraction of sp³-hybridized carbons (Fsp3) is 0.462. The molecule has 3 nitrogen and oxygen atoms in total. The highest BCUT2D eigenvalue weighted by molar-refractivity contribution is 14.1. The molecule has 0 bridgehead atoms. The molecule has 1 fully saturated rings. The molecule has 17 heavy (non-hydrogen) atoms. The van der Waals surface area contributed by atoms with Crippen LogP contribution in [0.5, 0.6) is 0 Å². The van der Waals surface area contributed by atoms with Gasteiger partial charge in [0.1, 0.15) is 0 Å². The third-order valence-electron chi connectivity index (χ3n) is 3.07. The molecule has 92 valence electrons. The second kappa shape index (κ2) is 6.35. The molecule has 1 atom stereocenters. The van der Waals surface area contributed by atoms with Gasteiger partial charge in [-0.15, -0.1) is 0 Å². The number of piperidine rings is 1. The van der Waals surface area contributed by atoms with Crippen LogP contribution in [0.15, 0.2) is 24.3 Å². The first-order valence-corrected chi connectivity index (χ1v) is 7.08. The summed E-state index contributed by atoms with van der Waals surface area (Å²) in [5.41, 5.74) is 0.775. The van der Waals surface area contributed by atoms with E-state index in [0.29, 0.717) is 5.92 Å². The van der Waals surface area contributed by atoms with Crippen LogP contribution in [0.3, 0.4) is 0 Å². The van der Waals surface area contributed by atoms with Crippen molar-refractivity contribution in [3.05, 3.63) is 33.4 Å². The van der Waals surface area contributed by atoms with Crippen LogP contribution in [0.2, 0.25) is 0 Å². The zero-order valence-corrected chi connectivity index (χ0v) is 11.9. The summed E-state index contributed by atoms with van der Waals surface area (Å²) >= 11 is 2.20. The standard InChI is InChI=1S/C13H17IN2O/c14-12-6-2-1-5-11(12)13(17)16-9-10-4-3-7-15-8-10/h1-2,5-6,10,15H,3-4,7-9H2,(H,16,17). The molecule has 1 aromatic carbocycles. The SMILES string of the molecule is O=C(NCC1CCCNC1)c1ccccc1I. The number of amides is 1. The summed E-state index contributed by atoms with van der Waals surface area (Å²) < 4.78 is 1.00. The molecule has 0 saturated carbocycles. The number of carbonyl (C=O) groups excluding carboxylic acids is 1. The number of carbonyl (C=O) groups is 1. The highest BCUT2D eigenvalue weighted by Gasteiger charge is 2.15. The molecule has 0 spiro atoms. The Hall–Kier alpha value is -0.620. The van der Waals surface area contributed by atoms with E-state index in [1.807, 2.05) is 24.3 Å². The number of benzene rings is 1. The van der Waals surface area contributed by atoms with Crippen LogP contribution in [-0.2, 0) is 0 Å². The van der Waals surface area contributed by atoms with Crippen LogP contribution in [0.25, 0.3) is 0 Å². The van der Waals surface area contributed by atoms with E-state index >= 15 is 0 Å². The molecule has 1 heterocycles. The first-order valence-electron chi connectivity index (χ1n) is 6.01. The normalized spacial score (nSPS) is 19.9. The van der Waals surface area contributed by atoms with Gasteiger partial charge in [0, 0.05) is 10.1 Å². The lowest BCUT2D eigenvalue weighted by molar-refractivity contribution is 0.0944. The monoisotopic (exact) mass is 344 g/mol. The maximum atomic E-state index is 12.0. The van der Waals surface area contributed by atoms with Gasteiger partial charge in [0.2, 0.25) is 0 Å². The quantitative estimate of drug-likeness (QED) is 0.824. The van der Waals surface area contributed by atoms with Crippen molar-refractivity contribution in [2.45, 2.75) is 12.8 Å². The van der Waals surface area contributed by atoms with Crippen molar-refractivity contribution in [3.8, 4) is 0 Å². The Morgan fingerprint density at radius 1 is 1.47 bits per heavy atom. The Morgan fingerprint density at radius 2 is 2.29 bits per heavy atom. The summed E-state index contributed by atoms with van der Waals surface area (Å²) in [5.74, 6) is 0.620. The fourth-order valence-electron chi connectivity index (χ4n) is 2.08. The minimum Gasteiger partial charge on any atom is -0.352 e. The van der Waals surface area contributed by atoms with Crippen LogP contribution in [0.4, 0.5) is 0 Å². The predicted molar refractivity (Wildman–Crippen MR) is 77.1 cm³/mol. The number of nitrogens with one attached hydrogen (secondary N) is 2. The third-order valence-corrected chi connectivity index (χ3v) is 4.01. The van der Waals surface area contributed by atoms with E-state index < -0.39 is 0 Å². The molecule has 1 amide bonds. The van der Waals surface area contributed by atoms with E-state index in [2.05, 4.69) is 33.2 Å². The highest BCUT2D eigenvalue weighted by Crippen LogP contribution is 2.12. The van der Waals surface area contributed by atoms with E-state index in [1.54, 1.807) is 0 Å². The molecule has 1 aliphatic rings. The first-order chi connectivity index (χ1) is 8.27. The number of halogens is 1. The van der Waals surface area contributed by atoms with Gasteiger partial charge in [-0.05, 0) is 66.6 Å². The maximum Gasteiger partial charge on any atom is 0.252 e. The summed E-state index contributed by atoms with van der Waals surface area (Å²) in [6.45, 7) is 2.91. The Bertz CT molecular complexity index is 389. The van der Waals surface area contributed by atoms with Crippen LogP contribution in [0.1, 0.15) is 23.2 Å². The van der Waals surface area contributed by atoms with Crippen molar-refractivity contribution in [3.63, 3.8) is 0 Å². The van der Waals surface area contributed by atoms with Gasteiger partial charge in [-0.1, -0.05) is 12.1 Å². The molecular weight excluding hydrogens is 327 g/mol. The number of rotatable bonds is 3. The van der Waals surface area contributed by atoms with Gasteiger partial charge in [-0.3, -0.25) is 4.79 Å². The van der Waals surface area contributed by atoms with E-state index in [-0.39, 0.29) is 5.91 Å². The molecule has 4 heteroatoms. The van der Waals surface area contributed by atoms with Gasteiger partial charge in [0.25, 0.3) is 5.91 Å². The largest absolute Gasteiger partial charge is 0.352 e. The first kappa shape index (κ1) is 12.8. The van der Waals surface area contributed by atoms with Gasteiger partial charge in [0.05, 0.1) is 5.56 Å². The average Bonchev–Trinajstić information content (AvgIpc) is 2.38. The zero-order chi connectivity index (χ0) is 12.1. The summed E-state index contributed by atoms with van der Waals surface area (Å²) in [6.07, 6.45) is 2.42. The van der Waals surface area contributed by atoms with E-state index in [1.165, 1.54) is 12.8 Å². The van der Waals surface area contributed by atoms with Gasteiger partial charge in [0.15, 0.2) is 0 Å². The van der Waals surface area contributed by atoms with Crippen LogP contribution < -0.4 is 10.6 Å². The van der Waals surface area contributed by atoms with Crippen molar-refractivity contribution in [2.24, 2.45) is 5.92 Å². The Balaban J connectivity index is 1.87. The van der Waals surface area contributed by atoms with Crippen LogP contribution in [-0.4, -0.2) is 25.5 Å². The van der Waals surface area contributed by atoms with Crippen molar-refractivity contribution in [1.82, 2.24) is 10.6 Å². The van der Waals surface area contributed by atoms with Crippen molar-refractivity contribution in [1.29, 1.82) is 0 Å². The zero-order valence-electron chi connectivity index (χ0n) is 9.71. The fourth-order valence-corrected chi connectivity index (χ4v) is 2.71. The lowest BCUT2D eigenvalue weighted by Crippen LogP contribution is -2.38. The molecule has 1 aromatic rings. The van der Waals surface area contributed by atoms with Crippen LogP contribution >= 0.6 is 22.6 Å². The summed E-state index contributed by atoms with van der Waals surface area (Å²) in [5, 5.41) is 6.38. The second-order valence-corrected chi connectivity index (χ2v) is 5.56. The molecule has 0 aliphatic carbocycles. The predicted octanol–water partition coefficient (Wildman–Crippen LogP) is 2.02. The summed E-state index contributed by atoms with van der Waals surface area (Å²) in [4.78, 5) is 12.0. The molecule has 0 aromatic heterocycles. The van der Waals surface area contributed by atoms with Crippen molar-refractivity contribution < 1.29 is 4.79 Å². The van der Waals surface area contributed by atoms with Gasteiger partial charge >= 0.3 is 0 Å². The molecule has 2 rings (SSSR count). The lowest BCUT2D eigenvalue weighted by Gasteiger charge is -2.22. The highest BCUT2D eigenvalue weighted by atomic mass is 127. The van der Waals surface area contributed by atoms with E-state index in [0.717, 1.165) is 28.8 Å². The topological polar surface area (TPSA) is 41.1 Å². The molecule has 1 saturated heterocycles. The second-order valence-electron chi connectivity index (χ2n) is 4.40. The minimum atomic E-state index is 0.0422.